The van der Waals surface area contributed by atoms with Crippen LogP contribution in [0.1, 0.15) is 5.76 Å². The number of nitrogens with zero attached hydrogens (tertiary/aromatic N) is 2. The van der Waals surface area contributed by atoms with Crippen molar-refractivity contribution in [2.75, 3.05) is 5.73 Å². The maximum Gasteiger partial charge on any atom is 0.449 e. The van der Waals surface area contributed by atoms with Gasteiger partial charge in [-0.05, 0) is 12.1 Å². The van der Waals surface area contributed by atoms with Crippen LogP contribution in [0.3, 0.4) is 0 Å². The van der Waals surface area contributed by atoms with E-state index < -0.39 is 11.9 Å². The summed E-state index contributed by atoms with van der Waals surface area (Å²) in [5, 5.41) is 0. The number of rotatable bonds is 1. The zero-order valence-corrected chi connectivity index (χ0v) is 13.4. The Bertz CT molecular complexity index is 797. The number of imidazole rings is 1. The van der Waals surface area contributed by atoms with Crippen molar-refractivity contribution in [2.45, 2.75) is 6.18 Å². The van der Waals surface area contributed by atoms with Crippen LogP contribution in [0.25, 0.3) is 22.4 Å². The maximum atomic E-state index is 12.7. The average molecular weight is 376 g/mol. The van der Waals surface area contributed by atoms with E-state index in [9.17, 15) is 13.2 Å². The third-order valence-corrected chi connectivity index (χ3v) is 3.52. The minimum atomic E-state index is -4.56. The maximum absolute atomic E-state index is 12.7. The van der Waals surface area contributed by atoms with Crippen molar-refractivity contribution in [3.05, 3.63) is 36.1 Å². The number of hydrogen-bond donors (Lipinski definition) is 1. The fourth-order valence-corrected chi connectivity index (χ4v) is 2.57. The Morgan fingerprint density at radius 3 is 2.41 bits per heavy atom. The minimum absolute atomic E-state index is 0. The number of fused-ring (bicyclic) bond motifs is 1. The number of aromatic nitrogens is 2. The Kier molecular flexibility index (Phi) is 3.99. The number of halogens is 4. The molecule has 2 heterocycles. The highest BCUT2D eigenvalue weighted by molar-refractivity contribution is 5.78. The lowest BCUT2D eigenvalue weighted by Crippen LogP contribution is -3.00. The molecule has 0 fully saturated rings. The number of benzene rings is 1. The van der Waals surface area contributed by atoms with Crippen LogP contribution in [-0.2, 0) is 20.3 Å². The highest BCUT2D eigenvalue weighted by atomic mass is 79.9. The smallest absolute Gasteiger partial charge is 0.449 e. The summed E-state index contributed by atoms with van der Waals surface area (Å²) >= 11 is 0. The number of para-hydroxylation sites is 2. The van der Waals surface area contributed by atoms with E-state index in [-0.39, 0.29) is 28.4 Å². The van der Waals surface area contributed by atoms with Gasteiger partial charge in [-0.1, -0.05) is 12.1 Å². The quantitative estimate of drug-likeness (QED) is 0.602. The van der Waals surface area contributed by atoms with E-state index in [1.54, 1.807) is 23.2 Å². The van der Waals surface area contributed by atoms with Gasteiger partial charge in [0.2, 0.25) is 11.6 Å². The van der Waals surface area contributed by atoms with Crippen LogP contribution in [0.15, 0.2) is 34.7 Å². The Morgan fingerprint density at radius 1 is 1.23 bits per heavy atom. The average Bonchev–Trinajstić information content (AvgIpc) is 2.90. The lowest BCUT2D eigenvalue weighted by atomic mass is 10.2. The molecule has 0 atom stereocenters. The molecular formula is C14H13BrF3N3O. The van der Waals surface area contributed by atoms with Gasteiger partial charge in [0.15, 0.2) is 11.0 Å². The van der Waals surface area contributed by atoms with Crippen molar-refractivity contribution in [1.82, 2.24) is 4.57 Å². The zero-order chi connectivity index (χ0) is 15.4. The minimum Gasteiger partial charge on any atom is -1.00 e. The summed E-state index contributed by atoms with van der Waals surface area (Å²) in [6.07, 6.45) is -4.56. The fraction of sp³-hybridized carbons (Fsp3) is 0.214. The van der Waals surface area contributed by atoms with Crippen LogP contribution in [0.4, 0.5) is 19.1 Å². The van der Waals surface area contributed by atoms with Crippen LogP contribution < -0.4 is 27.3 Å². The third-order valence-electron chi connectivity index (χ3n) is 3.52. The van der Waals surface area contributed by atoms with Gasteiger partial charge in [-0.3, -0.25) is 0 Å². The summed E-state index contributed by atoms with van der Waals surface area (Å²) in [5.74, 6) is -0.794. The summed E-state index contributed by atoms with van der Waals surface area (Å²) < 4.78 is 46.5. The van der Waals surface area contributed by atoms with Crippen LogP contribution in [0.2, 0.25) is 0 Å². The van der Waals surface area contributed by atoms with Crippen molar-refractivity contribution in [2.24, 2.45) is 14.1 Å². The number of aryl methyl sites for hydroxylation is 2. The van der Waals surface area contributed by atoms with Crippen molar-refractivity contribution >= 4 is 16.9 Å². The summed E-state index contributed by atoms with van der Waals surface area (Å²) in [4.78, 5) is 0. The fourth-order valence-electron chi connectivity index (χ4n) is 2.57. The number of furan rings is 1. The van der Waals surface area contributed by atoms with E-state index in [2.05, 4.69) is 4.42 Å². The Hall–Kier alpha value is -1.96. The zero-order valence-electron chi connectivity index (χ0n) is 11.8. The van der Waals surface area contributed by atoms with E-state index in [1.165, 1.54) is 0 Å². The number of nitrogens with two attached hydrogens (primary N) is 1. The van der Waals surface area contributed by atoms with Crippen molar-refractivity contribution in [3.8, 4) is 11.4 Å². The van der Waals surface area contributed by atoms with Gasteiger partial charge in [0.1, 0.15) is 5.56 Å². The van der Waals surface area contributed by atoms with Crippen LogP contribution in [0.5, 0.6) is 0 Å². The molecule has 0 saturated carbocycles. The molecule has 3 aromatic rings. The molecule has 0 radical (unpaired) electrons. The first kappa shape index (κ1) is 16.4. The second kappa shape index (κ2) is 5.35. The van der Waals surface area contributed by atoms with Crippen LogP contribution in [0, 0.1) is 0 Å². The molecule has 2 N–H and O–H groups in total. The van der Waals surface area contributed by atoms with Gasteiger partial charge in [-0.25, -0.2) is 9.13 Å². The molecule has 2 aromatic heterocycles. The van der Waals surface area contributed by atoms with E-state index in [0.717, 1.165) is 17.1 Å². The van der Waals surface area contributed by atoms with E-state index in [4.69, 9.17) is 5.73 Å². The Morgan fingerprint density at radius 2 is 1.86 bits per heavy atom. The molecule has 22 heavy (non-hydrogen) atoms. The molecule has 0 aliphatic heterocycles. The summed E-state index contributed by atoms with van der Waals surface area (Å²) in [5.41, 5.74) is 7.65. The normalized spacial score (nSPS) is 11.7. The van der Waals surface area contributed by atoms with Gasteiger partial charge in [-0.15, -0.1) is 0 Å². The SMILES string of the molecule is Cn1c(-c2cc(C(F)(F)F)oc2N)[n+](C)c2ccccc21.[Br-]. The molecule has 0 spiro atoms. The highest BCUT2D eigenvalue weighted by Gasteiger charge is 2.38. The molecule has 1 aromatic carbocycles. The molecule has 0 aliphatic rings. The van der Waals surface area contributed by atoms with Crippen molar-refractivity contribution in [1.29, 1.82) is 0 Å². The van der Waals surface area contributed by atoms with Crippen molar-refractivity contribution < 1.29 is 39.1 Å². The molecule has 0 unspecified atom stereocenters. The molecule has 118 valence electrons. The largest absolute Gasteiger partial charge is 1.00 e. The van der Waals surface area contributed by atoms with Crippen LogP contribution >= 0.6 is 0 Å². The predicted octanol–water partition coefficient (Wildman–Crippen LogP) is -0.132. The molecule has 0 amide bonds. The van der Waals surface area contributed by atoms with Crippen molar-refractivity contribution in [3.63, 3.8) is 0 Å². The monoisotopic (exact) mass is 375 g/mol. The van der Waals surface area contributed by atoms with Gasteiger partial charge >= 0.3 is 6.18 Å². The van der Waals surface area contributed by atoms with E-state index >= 15 is 0 Å². The van der Waals surface area contributed by atoms with Gasteiger partial charge in [0.05, 0.1) is 14.1 Å². The summed E-state index contributed by atoms with van der Waals surface area (Å²) in [6, 6.07) is 8.45. The highest BCUT2D eigenvalue weighted by Crippen LogP contribution is 2.37. The molecule has 0 saturated heterocycles. The van der Waals surface area contributed by atoms with Gasteiger partial charge in [0, 0.05) is 6.07 Å². The van der Waals surface area contributed by atoms with Crippen LogP contribution in [-0.4, -0.2) is 4.57 Å². The van der Waals surface area contributed by atoms with Gasteiger partial charge in [-0.2, -0.15) is 13.2 Å². The molecular weight excluding hydrogens is 363 g/mol. The lowest BCUT2D eigenvalue weighted by Gasteiger charge is -1.98. The Labute approximate surface area is 134 Å². The lowest BCUT2D eigenvalue weighted by molar-refractivity contribution is -0.634. The molecule has 4 nitrogen and oxygen atoms in total. The predicted molar refractivity (Wildman–Crippen MR) is 71.2 cm³/mol. The summed E-state index contributed by atoms with van der Waals surface area (Å²) in [7, 11) is 3.55. The number of alkyl halides is 3. The van der Waals surface area contributed by atoms with Gasteiger partial charge < -0.3 is 27.1 Å². The molecule has 0 bridgehead atoms. The third kappa shape index (κ3) is 2.37. The first-order chi connectivity index (χ1) is 9.80. The standard InChI is InChI=1S/C14H12F3N3O.BrH/c1-19-9-5-3-4-6-10(9)20(2)13(19)8-7-11(14(15,16)17)21-12(8)18;/h3-7,18H,1-2H3;1H. The first-order valence-electron chi connectivity index (χ1n) is 6.21. The molecule has 3 rings (SSSR count). The molecule has 0 aliphatic carbocycles. The topological polar surface area (TPSA) is 48.0 Å². The first-order valence-corrected chi connectivity index (χ1v) is 6.21. The molecule has 8 heteroatoms. The Balaban J connectivity index is 0.00000176. The number of anilines is 1. The second-order valence-corrected chi connectivity index (χ2v) is 4.82. The number of nitrogen functional groups attached to an aromatic ring is 1. The van der Waals surface area contributed by atoms with E-state index in [1.807, 2.05) is 24.3 Å². The van der Waals surface area contributed by atoms with E-state index in [0.29, 0.717) is 5.82 Å². The number of hydrogen-bond acceptors (Lipinski definition) is 2. The second-order valence-electron chi connectivity index (χ2n) is 4.82. The summed E-state index contributed by atoms with van der Waals surface area (Å²) in [6.45, 7) is 0. The van der Waals surface area contributed by atoms with Gasteiger partial charge in [0.25, 0.3) is 5.82 Å².